The zero-order chi connectivity index (χ0) is 7.49. The van der Waals surface area contributed by atoms with E-state index in [1.807, 2.05) is 0 Å². The molecule has 0 amide bonds. The molecule has 0 aliphatic carbocycles. The van der Waals surface area contributed by atoms with Gasteiger partial charge in [0.25, 0.3) is 0 Å². The second kappa shape index (κ2) is 2.85. The molecule has 0 atom stereocenters. The fraction of sp³-hybridized carbons (Fsp3) is 0.714. The lowest BCUT2D eigenvalue weighted by Crippen LogP contribution is -2.22. The van der Waals surface area contributed by atoms with Crippen LogP contribution in [0.4, 0.5) is 0 Å². The molecule has 0 aromatic rings. The van der Waals surface area contributed by atoms with E-state index in [-0.39, 0.29) is 0 Å². The van der Waals surface area contributed by atoms with Crippen molar-refractivity contribution in [2.24, 2.45) is 5.41 Å². The van der Waals surface area contributed by atoms with Crippen molar-refractivity contribution in [1.82, 2.24) is 0 Å². The summed E-state index contributed by atoms with van der Waals surface area (Å²) in [5, 5.41) is 8.54. The minimum atomic E-state index is -0.744. The maximum Gasteiger partial charge on any atom is 0.309 e. The molecular formula is C7H13O2. The summed E-state index contributed by atoms with van der Waals surface area (Å²) in [5.41, 5.74) is -0.595. The van der Waals surface area contributed by atoms with Crippen LogP contribution < -0.4 is 0 Å². The van der Waals surface area contributed by atoms with Gasteiger partial charge in [-0.25, -0.2) is 0 Å². The molecule has 0 rings (SSSR count). The summed E-state index contributed by atoms with van der Waals surface area (Å²) in [4.78, 5) is 10.4. The van der Waals surface area contributed by atoms with Gasteiger partial charge in [-0.3, -0.25) is 4.79 Å². The van der Waals surface area contributed by atoms with Gasteiger partial charge in [0, 0.05) is 0 Å². The Morgan fingerprint density at radius 2 is 2.11 bits per heavy atom. The van der Waals surface area contributed by atoms with Crippen molar-refractivity contribution in [3.8, 4) is 0 Å². The molecule has 0 saturated heterocycles. The van der Waals surface area contributed by atoms with Gasteiger partial charge < -0.3 is 5.11 Å². The van der Waals surface area contributed by atoms with Gasteiger partial charge in [-0.05, 0) is 20.3 Å². The fourth-order valence-electron chi connectivity index (χ4n) is 0.549. The molecule has 0 aromatic carbocycles. The first-order valence-electron chi connectivity index (χ1n) is 3.03. The normalized spacial score (nSPS) is 11.4. The van der Waals surface area contributed by atoms with Crippen molar-refractivity contribution in [2.75, 3.05) is 0 Å². The van der Waals surface area contributed by atoms with Crippen molar-refractivity contribution in [1.29, 1.82) is 0 Å². The number of hydrogen-bond donors (Lipinski definition) is 1. The fourth-order valence-corrected chi connectivity index (χ4v) is 0.549. The summed E-state index contributed by atoms with van der Waals surface area (Å²) in [6, 6.07) is 0. The van der Waals surface area contributed by atoms with Gasteiger partial charge in [0.05, 0.1) is 5.41 Å². The van der Waals surface area contributed by atoms with Gasteiger partial charge in [0.1, 0.15) is 0 Å². The van der Waals surface area contributed by atoms with Crippen LogP contribution in [0.25, 0.3) is 0 Å². The van der Waals surface area contributed by atoms with Crippen LogP contribution in [0.1, 0.15) is 26.7 Å². The Hall–Kier alpha value is -0.530. The number of hydrogen-bond acceptors (Lipinski definition) is 1. The van der Waals surface area contributed by atoms with Crippen molar-refractivity contribution < 1.29 is 9.90 Å². The van der Waals surface area contributed by atoms with E-state index in [1.54, 1.807) is 13.8 Å². The number of carboxylic acids is 1. The van der Waals surface area contributed by atoms with E-state index in [2.05, 4.69) is 6.92 Å². The molecule has 0 aliphatic heterocycles. The number of carbonyl (C=O) groups is 1. The number of rotatable bonds is 3. The van der Waals surface area contributed by atoms with Crippen LogP contribution in [-0.2, 0) is 4.79 Å². The average Bonchev–Trinajstić information content (AvgIpc) is 1.65. The zero-order valence-electron chi connectivity index (χ0n) is 5.98. The minimum Gasteiger partial charge on any atom is -0.481 e. The minimum absolute atomic E-state index is 0.595. The third kappa shape index (κ3) is 2.49. The molecule has 0 aliphatic rings. The highest BCUT2D eigenvalue weighted by Crippen LogP contribution is 2.21. The molecular weight excluding hydrogens is 116 g/mol. The molecule has 0 unspecified atom stereocenters. The van der Waals surface area contributed by atoms with Gasteiger partial charge in [-0.15, -0.1) is 0 Å². The average molecular weight is 129 g/mol. The lowest BCUT2D eigenvalue weighted by molar-refractivity contribution is -0.147. The second-order valence-electron chi connectivity index (χ2n) is 2.79. The van der Waals surface area contributed by atoms with Crippen molar-refractivity contribution >= 4 is 5.97 Å². The Bertz CT molecular complexity index is 105. The summed E-state index contributed by atoms with van der Waals surface area (Å²) in [7, 11) is 0. The maximum atomic E-state index is 10.4. The molecule has 0 aromatic heterocycles. The van der Waals surface area contributed by atoms with E-state index >= 15 is 0 Å². The third-order valence-electron chi connectivity index (χ3n) is 1.38. The Kier molecular flexibility index (Phi) is 2.68. The molecule has 0 spiro atoms. The van der Waals surface area contributed by atoms with Crippen LogP contribution in [0.3, 0.4) is 0 Å². The number of carboxylic acid groups (broad SMARTS) is 1. The Balaban J connectivity index is 3.85. The predicted molar refractivity (Wildman–Crippen MR) is 36.0 cm³/mol. The standard InChI is InChI=1S/C7H13O2/c1-4-5-7(2,3)6(8)9/h1,4-5H2,2-3H3,(H,8,9). The first-order valence-corrected chi connectivity index (χ1v) is 3.03. The SMILES string of the molecule is [CH2]CCC(C)(C)C(=O)O. The van der Waals surface area contributed by atoms with Gasteiger partial charge in [0.2, 0.25) is 0 Å². The summed E-state index contributed by atoms with van der Waals surface area (Å²) < 4.78 is 0. The lowest BCUT2D eigenvalue weighted by atomic mass is 9.88. The summed E-state index contributed by atoms with van der Waals surface area (Å²) >= 11 is 0. The molecule has 2 nitrogen and oxygen atoms in total. The highest BCUT2D eigenvalue weighted by atomic mass is 16.4. The molecule has 0 saturated carbocycles. The zero-order valence-corrected chi connectivity index (χ0v) is 5.98. The van der Waals surface area contributed by atoms with E-state index < -0.39 is 11.4 Å². The van der Waals surface area contributed by atoms with E-state index in [9.17, 15) is 4.79 Å². The molecule has 1 radical (unpaired) electrons. The van der Waals surface area contributed by atoms with E-state index in [0.717, 1.165) is 0 Å². The first kappa shape index (κ1) is 8.47. The summed E-state index contributed by atoms with van der Waals surface area (Å²) in [6.07, 6.45) is 1.32. The Morgan fingerprint density at radius 1 is 1.67 bits per heavy atom. The molecule has 0 bridgehead atoms. The van der Waals surface area contributed by atoms with E-state index in [0.29, 0.717) is 12.8 Å². The highest BCUT2D eigenvalue weighted by Gasteiger charge is 2.25. The highest BCUT2D eigenvalue weighted by molar-refractivity contribution is 5.73. The summed E-state index contributed by atoms with van der Waals surface area (Å²) in [6.45, 7) is 7.01. The van der Waals surface area contributed by atoms with Crippen molar-refractivity contribution in [3.05, 3.63) is 6.92 Å². The van der Waals surface area contributed by atoms with Crippen LogP contribution in [0, 0.1) is 12.3 Å². The van der Waals surface area contributed by atoms with Crippen molar-refractivity contribution in [2.45, 2.75) is 26.7 Å². The van der Waals surface area contributed by atoms with E-state index in [1.165, 1.54) is 0 Å². The topological polar surface area (TPSA) is 37.3 Å². The quantitative estimate of drug-likeness (QED) is 0.629. The molecule has 0 heterocycles. The van der Waals surface area contributed by atoms with Crippen LogP contribution >= 0.6 is 0 Å². The predicted octanol–water partition coefficient (Wildman–Crippen LogP) is 1.71. The van der Waals surface area contributed by atoms with Crippen LogP contribution in [0.2, 0.25) is 0 Å². The number of aliphatic carboxylic acids is 1. The first-order chi connectivity index (χ1) is 4.00. The van der Waals surface area contributed by atoms with Gasteiger partial charge in [0.15, 0.2) is 0 Å². The van der Waals surface area contributed by atoms with Gasteiger partial charge in [-0.1, -0.05) is 13.3 Å². The third-order valence-corrected chi connectivity index (χ3v) is 1.38. The van der Waals surface area contributed by atoms with Crippen molar-refractivity contribution in [3.63, 3.8) is 0 Å². The Labute approximate surface area is 55.9 Å². The molecule has 1 N–H and O–H groups in total. The smallest absolute Gasteiger partial charge is 0.309 e. The molecule has 53 valence electrons. The molecule has 2 heteroatoms. The molecule has 0 fully saturated rings. The largest absolute Gasteiger partial charge is 0.481 e. The summed E-state index contributed by atoms with van der Waals surface area (Å²) in [5.74, 6) is -0.744. The second-order valence-corrected chi connectivity index (χ2v) is 2.79. The van der Waals surface area contributed by atoms with Gasteiger partial charge in [-0.2, -0.15) is 0 Å². The van der Waals surface area contributed by atoms with E-state index in [4.69, 9.17) is 5.11 Å². The monoisotopic (exact) mass is 129 g/mol. The Morgan fingerprint density at radius 3 is 2.22 bits per heavy atom. The van der Waals surface area contributed by atoms with Crippen LogP contribution in [-0.4, -0.2) is 11.1 Å². The maximum absolute atomic E-state index is 10.4. The van der Waals surface area contributed by atoms with Gasteiger partial charge >= 0.3 is 5.97 Å². The van der Waals surface area contributed by atoms with Crippen LogP contribution in [0.15, 0.2) is 0 Å². The lowest BCUT2D eigenvalue weighted by Gasteiger charge is -2.16. The molecule has 9 heavy (non-hydrogen) atoms. The van der Waals surface area contributed by atoms with Crippen LogP contribution in [0.5, 0.6) is 0 Å².